The first-order valence-electron chi connectivity index (χ1n) is 15.9. The van der Waals surface area contributed by atoms with E-state index in [0.29, 0.717) is 0 Å². The van der Waals surface area contributed by atoms with Crippen LogP contribution < -0.4 is 16.4 Å². The number of hydrogen-bond donors (Lipinski definition) is 3. The molecule has 2 saturated heterocycles. The zero-order valence-corrected chi connectivity index (χ0v) is 27.0. The Kier molecular flexibility index (Phi) is 9.96. The molecule has 0 radical (unpaired) electrons. The van der Waals surface area contributed by atoms with Crippen LogP contribution in [-0.2, 0) is 19.6 Å². The highest BCUT2D eigenvalue weighted by Crippen LogP contribution is 2.32. The summed E-state index contributed by atoms with van der Waals surface area (Å²) in [6.07, 6.45) is 5.18. The van der Waals surface area contributed by atoms with Crippen LogP contribution in [0.15, 0.2) is 85.2 Å². The number of piperidine rings is 1. The van der Waals surface area contributed by atoms with Gasteiger partial charge in [0.25, 0.3) is 0 Å². The van der Waals surface area contributed by atoms with Crippen molar-refractivity contribution >= 4 is 34.1 Å². The fourth-order valence-corrected chi connectivity index (χ4v) is 7.10. The molecule has 8 heteroatoms. The zero-order valence-electron chi connectivity index (χ0n) is 25.5. The highest BCUT2D eigenvalue weighted by molar-refractivity contribution is 6.35. The number of rotatable bonds is 11. The van der Waals surface area contributed by atoms with Gasteiger partial charge in [0.1, 0.15) is 0 Å². The monoisotopic (exact) mass is 630 g/mol. The van der Waals surface area contributed by atoms with Crippen LogP contribution in [0.1, 0.15) is 30.4 Å². The second kappa shape index (κ2) is 14.1. The maximum atomic E-state index is 6.65. The number of aryl methyl sites for hydroxylation is 1. The number of nitrogens with zero attached hydrogens (tertiary/aromatic N) is 3. The number of piperazine rings is 1. The van der Waals surface area contributed by atoms with E-state index in [1.165, 1.54) is 27.6 Å². The first-order chi connectivity index (χ1) is 21.4. The third kappa shape index (κ3) is 7.17. The van der Waals surface area contributed by atoms with Gasteiger partial charge in [0.05, 0.1) is 5.54 Å². The molecule has 0 saturated carbocycles. The Labute approximate surface area is 271 Å². The van der Waals surface area contributed by atoms with Gasteiger partial charge in [-0.3, -0.25) is 9.80 Å². The van der Waals surface area contributed by atoms with Crippen LogP contribution in [-0.4, -0.2) is 65.7 Å². The Morgan fingerprint density at radius 1 is 0.886 bits per heavy atom. The maximum Gasteiger partial charge on any atom is 0.0576 e. The first kappa shape index (κ1) is 31.2. The Balaban J connectivity index is 1.11. The molecule has 2 fully saturated rings. The van der Waals surface area contributed by atoms with Gasteiger partial charge in [-0.1, -0.05) is 72.2 Å². The minimum absolute atomic E-state index is 0.307. The minimum Gasteiger partial charge on any atom is -0.387 e. The molecule has 3 heterocycles. The van der Waals surface area contributed by atoms with Crippen LogP contribution in [0, 0.1) is 0 Å². The molecule has 2 aliphatic heterocycles. The summed E-state index contributed by atoms with van der Waals surface area (Å²) in [6, 6.07) is 23.5. The molecule has 4 N–H and O–H groups in total. The maximum absolute atomic E-state index is 6.65. The number of hydrogen-bond acceptors (Lipinski definition) is 5. The predicted molar refractivity (Wildman–Crippen MR) is 185 cm³/mol. The zero-order chi connectivity index (χ0) is 30.5. The molecule has 3 aromatic carbocycles. The summed E-state index contributed by atoms with van der Waals surface area (Å²) in [5, 5.41) is 9.74. The van der Waals surface area contributed by atoms with Gasteiger partial charge >= 0.3 is 0 Å². The Hall–Kier alpha value is -2.84. The van der Waals surface area contributed by atoms with Crippen LogP contribution >= 0.6 is 23.2 Å². The predicted octanol–water partition coefficient (Wildman–Crippen LogP) is 6.51. The number of nitrogens with one attached hydrogen (secondary N) is 2. The van der Waals surface area contributed by atoms with Crippen LogP contribution in [0.3, 0.4) is 0 Å². The van der Waals surface area contributed by atoms with Crippen molar-refractivity contribution in [1.82, 2.24) is 25.0 Å². The number of aromatic nitrogens is 1. The quantitative estimate of drug-likeness (QED) is 0.165. The van der Waals surface area contributed by atoms with Gasteiger partial charge in [-0.15, -0.1) is 0 Å². The van der Waals surface area contributed by atoms with E-state index in [-0.39, 0.29) is 5.54 Å². The average molecular weight is 632 g/mol. The van der Waals surface area contributed by atoms with Crippen LogP contribution in [0.4, 0.5) is 0 Å². The fourth-order valence-electron chi connectivity index (χ4n) is 6.59. The molecular weight excluding hydrogens is 587 g/mol. The van der Waals surface area contributed by atoms with E-state index in [1.807, 2.05) is 18.2 Å². The van der Waals surface area contributed by atoms with Gasteiger partial charge in [0.15, 0.2) is 0 Å². The molecule has 4 aromatic rings. The molecule has 0 aliphatic carbocycles. The SMILES string of the molecule is C=C(NCCCn1cc(-c2ccccc2)c2cc(CN3CCN(Cc4c(Cl)cccc4Cl)CC3)ccc21)C1(N)CCNCC1. The van der Waals surface area contributed by atoms with E-state index in [1.54, 1.807) is 0 Å². The summed E-state index contributed by atoms with van der Waals surface area (Å²) in [7, 11) is 0. The lowest BCUT2D eigenvalue weighted by Gasteiger charge is -2.36. The summed E-state index contributed by atoms with van der Waals surface area (Å²) < 4.78 is 2.41. The molecular formula is C36H44Cl2N6. The molecule has 0 bridgehead atoms. The van der Waals surface area contributed by atoms with E-state index >= 15 is 0 Å². The van der Waals surface area contributed by atoms with Gasteiger partial charge in [-0.25, -0.2) is 0 Å². The average Bonchev–Trinajstić information content (AvgIpc) is 3.40. The van der Waals surface area contributed by atoms with Gasteiger partial charge < -0.3 is 20.9 Å². The topological polar surface area (TPSA) is 61.5 Å². The molecule has 2 aliphatic rings. The van der Waals surface area contributed by atoms with Gasteiger partial charge in [0, 0.05) is 96.3 Å². The molecule has 0 unspecified atom stereocenters. The summed E-state index contributed by atoms with van der Waals surface area (Å²) in [4.78, 5) is 5.00. The third-order valence-corrected chi connectivity index (χ3v) is 10.1. The third-order valence-electron chi connectivity index (χ3n) is 9.36. The highest BCUT2D eigenvalue weighted by atomic mass is 35.5. The summed E-state index contributed by atoms with van der Waals surface area (Å²) >= 11 is 12.9. The van der Waals surface area contributed by atoms with E-state index in [9.17, 15) is 0 Å². The van der Waals surface area contributed by atoms with Gasteiger partial charge in [-0.05, 0) is 67.7 Å². The lowest BCUT2D eigenvalue weighted by molar-refractivity contribution is 0.122. The second-order valence-electron chi connectivity index (χ2n) is 12.4. The van der Waals surface area contributed by atoms with Crippen molar-refractivity contribution in [2.45, 2.75) is 44.4 Å². The largest absolute Gasteiger partial charge is 0.387 e. The first-order valence-corrected chi connectivity index (χ1v) is 16.6. The van der Waals surface area contributed by atoms with Crippen molar-refractivity contribution in [2.75, 3.05) is 45.8 Å². The summed E-state index contributed by atoms with van der Waals surface area (Å²) in [5.41, 5.74) is 13.5. The molecule has 6 nitrogen and oxygen atoms in total. The fraction of sp³-hybridized carbons (Fsp3) is 0.389. The smallest absolute Gasteiger partial charge is 0.0576 e. The highest BCUT2D eigenvalue weighted by Gasteiger charge is 2.30. The molecule has 0 spiro atoms. The van der Waals surface area contributed by atoms with E-state index in [0.717, 1.165) is 106 Å². The van der Waals surface area contributed by atoms with Gasteiger partial charge in [0.2, 0.25) is 0 Å². The van der Waals surface area contributed by atoms with E-state index < -0.39 is 0 Å². The van der Waals surface area contributed by atoms with Crippen LogP contribution in [0.2, 0.25) is 10.0 Å². The molecule has 0 amide bonds. The van der Waals surface area contributed by atoms with E-state index in [2.05, 4.69) is 86.3 Å². The van der Waals surface area contributed by atoms with Crippen molar-refractivity contribution < 1.29 is 0 Å². The lowest BCUT2D eigenvalue weighted by atomic mass is 9.86. The number of halogens is 2. The standard InChI is InChI=1S/C36H44Cl2N6/c1-27(36(39)13-16-40-17-14-36)41-15-6-18-44-26-31(29-7-3-2-4-8-29)30-23-28(11-12-35(30)44)24-42-19-21-43(22-20-42)25-32-33(37)9-5-10-34(32)38/h2-5,7-12,23,26,40-41H,1,6,13-22,24-25,39H2. The molecule has 6 rings (SSSR count). The molecule has 232 valence electrons. The Morgan fingerprint density at radius 2 is 1.57 bits per heavy atom. The molecule has 1 aromatic heterocycles. The van der Waals surface area contributed by atoms with Crippen LogP contribution in [0.5, 0.6) is 0 Å². The summed E-state index contributed by atoms with van der Waals surface area (Å²) in [5.74, 6) is 0. The molecule has 44 heavy (non-hydrogen) atoms. The number of nitrogens with two attached hydrogens (primary N) is 1. The van der Waals surface area contributed by atoms with Crippen LogP contribution in [0.25, 0.3) is 22.0 Å². The number of benzene rings is 3. The minimum atomic E-state index is -0.307. The van der Waals surface area contributed by atoms with Crippen molar-refractivity contribution in [3.63, 3.8) is 0 Å². The van der Waals surface area contributed by atoms with Crippen molar-refractivity contribution in [3.8, 4) is 11.1 Å². The second-order valence-corrected chi connectivity index (χ2v) is 13.2. The Morgan fingerprint density at radius 3 is 2.27 bits per heavy atom. The summed E-state index contributed by atoms with van der Waals surface area (Å²) in [6.45, 7) is 13.7. The van der Waals surface area contributed by atoms with Crippen molar-refractivity contribution in [1.29, 1.82) is 0 Å². The molecule has 0 atom stereocenters. The van der Waals surface area contributed by atoms with E-state index in [4.69, 9.17) is 28.9 Å². The van der Waals surface area contributed by atoms with Crippen molar-refractivity contribution in [2.24, 2.45) is 5.73 Å². The van der Waals surface area contributed by atoms with Gasteiger partial charge in [-0.2, -0.15) is 0 Å². The lowest BCUT2D eigenvalue weighted by Crippen LogP contribution is -2.53. The normalized spacial score (nSPS) is 17.6. The van der Waals surface area contributed by atoms with Crippen molar-refractivity contribution in [3.05, 3.63) is 106 Å². The Bertz CT molecular complexity index is 1550. The number of fused-ring (bicyclic) bond motifs is 1.